The maximum Gasteiger partial charge on any atom is 0.346 e. The van der Waals surface area contributed by atoms with Crippen molar-refractivity contribution in [3.05, 3.63) is 35.4 Å². The number of hydrogen-bond acceptors (Lipinski definition) is 6. The van der Waals surface area contributed by atoms with Gasteiger partial charge in [-0.05, 0) is 36.8 Å². The average Bonchev–Trinajstić information content (AvgIpc) is 2.72. The predicted octanol–water partition coefficient (Wildman–Crippen LogP) is 6.27. The summed E-state index contributed by atoms with van der Waals surface area (Å²) in [7, 11) is 0. The molecule has 0 saturated heterocycles. The van der Waals surface area contributed by atoms with Gasteiger partial charge in [0, 0.05) is 12.8 Å². The van der Waals surface area contributed by atoms with Crippen molar-refractivity contribution < 1.29 is 28.7 Å². The molecule has 0 bridgehead atoms. The molecule has 0 fully saturated rings. The minimum atomic E-state index is -0.911. The molecule has 1 aromatic rings. The highest BCUT2D eigenvalue weighted by molar-refractivity contribution is 6.07. The molecule has 0 atom stereocenters. The summed E-state index contributed by atoms with van der Waals surface area (Å²) >= 11 is 0. The molecule has 0 saturated carbocycles. The van der Waals surface area contributed by atoms with Crippen LogP contribution >= 0.6 is 0 Å². The Morgan fingerprint density at radius 2 is 1.00 bits per heavy atom. The number of esters is 4. The van der Waals surface area contributed by atoms with Gasteiger partial charge in [0.05, 0.1) is 11.1 Å². The summed E-state index contributed by atoms with van der Waals surface area (Å²) in [6, 6.07) is 5.87. The largest absolute Gasteiger partial charge is 0.389 e. The third-order valence-corrected chi connectivity index (χ3v) is 5.10. The van der Waals surface area contributed by atoms with E-state index < -0.39 is 23.9 Å². The van der Waals surface area contributed by atoms with Crippen molar-refractivity contribution in [3.8, 4) is 0 Å². The van der Waals surface area contributed by atoms with E-state index in [2.05, 4.69) is 27.7 Å². The van der Waals surface area contributed by atoms with Crippen molar-refractivity contribution in [2.75, 3.05) is 0 Å². The molecule has 0 aliphatic carbocycles. The number of benzene rings is 1. The molecule has 0 unspecified atom stereocenters. The van der Waals surface area contributed by atoms with Gasteiger partial charge in [-0.3, -0.25) is 9.59 Å². The van der Waals surface area contributed by atoms with Gasteiger partial charge in [0.1, 0.15) is 0 Å². The van der Waals surface area contributed by atoms with Crippen molar-refractivity contribution in [3.63, 3.8) is 0 Å². The monoisotopic (exact) mass is 446 g/mol. The Morgan fingerprint density at radius 1 is 0.625 bits per heavy atom. The van der Waals surface area contributed by atoms with Crippen molar-refractivity contribution in [1.29, 1.82) is 0 Å². The Labute approximate surface area is 192 Å². The van der Waals surface area contributed by atoms with Crippen molar-refractivity contribution in [2.45, 2.75) is 91.9 Å². The quantitative estimate of drug-likeness (QED) is 0.190. The number of unbranched alkanes of at least 4 members (excludes halogenated alkanes) is 4. The summed E-state index contributed by atoms with van der Waals surface area (Å²) < 4.78 is 9.80. The first-order chi connectivity index (χ1) is 15.2. The molecule has 178 valence electrons. The molecule has 0 aliphatic heterocycles. The van der Waals surface area contributed by atoms with Gasteiger partial charge in [0.2, 0.25) is 0 Å². The second-order valence-corrected chi connectivity index (χ2v) is 9.06. The van der Waals surface area contributed by atoms with Gasteiger partial charge in [-0.1, -0.05) is 78.4 Å². The van der Waals surface area contributed by atoms with Crippen LogP contribution in [0.5, 0.6) is 0 Å². The first-order valence-corrected chi connectivity index (χ1v) is 11.8. The fourth-order valence-corrected chi connectivity index (χ4v) is 3.26. The second kappa shape index (κ2) is 15.3. The van der Waals surface area contributed by atoms with Gasteiger partial charge >= 0.3 is 23.9 Å². The van der Waals surface area contributed by atoms with Crippen LogP contribution in [0.2, 0.25) is 0 Å². The van der Waals surface area contributed by atoms with Crippen LogP contribution in [0.4, 0.5) is 0 Å². The third-order valence-electron chi connectivity index (χ3n) is 5.10. The molecule has 0 aromatic heterocycles. The molecule has 0 radical (unpaired) electrons. The molecule has 0 amide bonds. The first kappa shape index (κ1) is 27.5. The van der Waals surface area contributed by atoms with Gasteiger partial charge in [0.15, 0.2) is 0 Å². The Hall–Kier alpha value is -2.50. The van der Waals surface area contributed by atoms with Gasteiger partial charge in [-0.15, -0.1) is 0 Å². The van der Waals surface area contributed by atoms with E-state index in [0.717, 1.165) is 38.5 Å². The molecule has 1 aromatic carbocycles. The lowest BCUT2D eigenvalue weighted by atomic mass is 10.0. The van der Waals surface area contributed by atoms with Crippen LogP contribution in [0.1, 0.15) is 113 Å². The van der Waals surface area contributed by atoms with Crippen LogP contribution in [0.25, 0.3) is 0 Å². The fraction of sp³-hybridized carbons (Fsp3) is 0.615. The molecule has 0 N–H and O–H groups in total. The van der Waals surface area contributed by atoms with Gasteiger partial charge in [-0.2, -0.15) is 0 Å². The molecule has 32 heavy (non-hydrogen) atoms. The van der Waals surface area contributed by atoms with E-state index >= 15 is 0 Å². The lowest BCUT2D eigenvalue weighted by Crippen LogP contribution is -2.19. The zero-order valence-corrected chi connectivity index (χ0v) is 20.0. The fourth-order valence-electron chi connectivity index (χ4n) is 3.26. The number of ether oxygens (including phenoxy) is 2. The highest BCUT2D eigenvalue weighted by Crippen LogP contribution is 2.15. The molecular weight excluding hydrogens is 408 g/mol. The third kappa shape index (κ3) is 11.8. The van der Waals surface area contributed by atoms with E-state index in [1.807, 2.05) is 0 Å². The Kier molecular flexibility index (Phi) is 13.2. The number of carbonyl (C=O) groups excluding carboxylic acids is 4. The molecule has 0 heterocycles. The Bertz CT molecular complexity index is 687. The summed E-state index contributed by atoms with van der Waals surface area (Å²) in [5, 5.41) is 0. The predicted molar refractivity (Wildman–Crippen MR) is 123 cm³/mol. The molecule has 6 heteroatoms. The van der Waals surface area contributed by atoms with Gasteiger partial charge in [0.25, 0.3) is 0 Å². The lowest BCUT2D eigenvalue weighted by Gasteiger charge is -2.09. The van der Waals surface area contributed by atoms with E-state index in [4.69, 9.17) is 9.47 Å². The minimum Gasteiger partial charge on any atom is -0.389 e. The summed E-state index contributed by atoms with van der Waals surface area (Å²) in [6.07, 6.45) is 7.62. The first-order valence-electron chi connectivity index (χ1n) is 11.8. The maximum atomic E-state index is 12.4. The summed E-state index contributed by atoms with van der Waals surface area (Å²) in [4.78, 5) is 48.8. The Balaban J connectivity index is 2.52. The van der Waals surface area contributed by atoms with Crippen LogP contribution in [0, 0.1) is 11.8 Å². The highest BCUT2D eigenvalue weighted by Gasteiger charge is 2.22. The van der Waals surface area contributed by atoms with Gasteiger partial charge < -0.3 is 9.47 Å². The molecule has 1 rings (SSSR count). The van der Waals surface area contributed by atoms with Crippen LogP contribution in [-0.4, -0.2) is 23.9 Å². The van der Waals surface area contributed by atoms with Crippen molar-refractivity contribution in [1.82, 2.24) is 0 Å². The van der Waals surface area contributed by atoms with E-state index in [1.54, 1.807) is 12.1 Å². The second-order valence-electron chi connectivity index (χ2n) is 9.06. The van der Waals surface area contributed by atoms with Gasteiger partial charge in [-0.25, -0.2) is 9.59 Å². The summed E-state index contributed by atoms with van der Waals surface area (Å²) in [5.74, 6) is -1.83. The van der Waals surface area contributed by atoms with E-state index in [1.165, 1.54) is 12.1 Å². The zero-order valence-electron chi connectivity index (χ0n) is 20.0. The smallest absolute Gasteiger partial charge is 0.346 e. The number of carbonyl (C=O) groups is 4. The van der Waals surface area contributed by atoms with Crippen LogP contribution in [0.3, 0.4) is 0 Å². The normalized spacial score (nSPS) is 10.9. The zero-order chi connectivity index (χ0) is 23.9. The maximum absolute atomic E-state index is 12.4. The standard InChI is InChI=1S/C26H38O6/c1-19(2)13-7-5-9-17-23(27)31-25(29)21-15-11-12-16-22(21)26(30)32-24(28)18-10-6-8-14-20(3)4/h11-12,15-16,19-20H,5-10,13-14,17-18H2,1-4H3. The summed E-state index contributed by atoms with van der Waals surface area (Å²) in [5.41, 5.74) is -0.175. The van der Waals surface area contributed by atoms with E-state index in [9.17, 15) is 19.2 Å². The van der Waals surface area contributed by atoms with Crippen LogP contribution in [-0.2, 0) is 19.1 Å². The van der Waals surface area contributed by atoms with E-state index in [0.29, 0.717) is 24.7 Å². The van der Waals surface area contributed by atoms with Crippen LogP contribution < -0.4 is 0 Å². The molecule has 6 nitrogen and oxygen atoms in total. The Morgan fingerprint density at radius 3 is 1.34 bits per heavy atom. The minimum absolute atomic E-state index is 0.0876. The molecule has 0 spiro atoms. The summed E-state index contributed by atoms with van der Waals surface area (Å²) in [6.45, 7) is 8.60. The lowest BCUT2D eigenvalue weighted by molar-refractivity contribution is -0.139. The highest BCUT2D eigenvalue weighted by atomic mass is 16.6. The van der Waals surface area contributed by atoms with Crippen LogP contribution in [0.15, 0.2) is 24.3 Å². The van der Waals surface area contributed by atoms with Crippen molar-refractivity contribution in [2.24, 2.45) is 11.8 Å². The number of rotatable bonds is 14. The topological polar surface area (TPSA) is 86.7 Å². The van der Waals surface area contributed by atoms with Crippen molar-refractivity contribution >= 4 is 23.9 Å². The average molecular weight is 447 g/mol. The molecular formula is C26H38O6. The number of hydrogen-bond donors (Lipinski definition) is 0. The van der Waals surface area contributed by atoms with E-state index in [-0.39, 0.29) is 24.0 Å². The molecule has 0 aliphatic rings. The SMILES string of the molecule is CC(C)CCCCCC(=O)OC(=O)c1ccccc1C(=O)OC(=O)CCCCCC(C)C.